The highest BCUT2D eigenvalue weighted by atomic mass is 16.3. The fourth-order valence-electron chi connectivity index (χ4n) is 3.25. The normalized spacial score (nSPS) is 17.8. The first-order valence-corrected chi connectivity index (χ1v) is 9.37. The summed E-state index contributed by atoms with van der Waals surface area (Å²) in [6.45, 7) is 5.58. The van der Waals surface area contributed by atoms with E-state index in [1.54, 1.807) is 12.1 Å². The van der Waals surface area contributed by atoms with Crippen LogP contribution in [0.3, 0.4) is 0 Å². The molecule has 1 heterocycles. The van der Waals surface area contributed by atoms with E-state index in [0.29, 0.717) is 12.6 Å². The minimum atomic E-state index is 0.283. The molecule has 1 aliphatic rings. The zero-order valence-electron chi connectivity index (χ0n) is 15.4. The summed E-state index contributed by atoms with van der Waals surface area (Å²) in [6.07, 6.45) is 2.32. The third-order valence-corrected chi connectivity index (χ3v) is 4.58. The summed E-state index contributed by atoms with van der Waals surface area (Å²) in [7, 11) is 0. The van der Waals surface area contributed by atoms with Gasteiger partial charge in [-0.15, -0.1) is 0 Å². The Bertz CT molecular complexity index is 700. The maximum Gasteiger partial charge on any atom is 0.191 e. The van der Waals surface area contributed by atoms with Gasteiger partial charge in [-0.1, -0.05) is 30.3 Å². The van der Waals surface area contributed by atoms with Gasteiger partial charge in [-0.05, 0) is 49.6 Å². The van der Waals surface area contributed by atoms with Gasteiger partial charge in [0, 0.05) is 31.4 Å². The molecule has 3 N–H and O–H groups in total. The van der Waals surface area contributed by atoms with E-state index < -0.39 is 0 Å². The SMILES string of the molecule is CCNC(=NCc1ccc(O)cc1)NC1CCCN(c2ccccc2)C1. The van der Waals surface area contributed by atoms with Gasteiger partial charge in [-0.2, -0.15) is 0 Å². The highest BCUT2D eigenvalue weighted by Crippen LogP contribution is 2.19. The average molecular weight is 352 g/mol. The van der Waals surface area contributed by atoms with Crippen LogP contribution in [-0.4, -0.2) is 36.7 Å². The molecule has 0 spiro atoms. The molecule has 0 bridgehead atoms. The zero-order chi connectivity index (χ0) is 18.2. The van der Waals surface area contributed by atoms with Crippen LogP contribution in [0.25, 0.3) is 0 Å². The van der Waals surface area contributed by atoms with Crippen molar-refractivity contribution in [3.05, 3.63) is 60.2 Å². The van der Waals surface area contributed by atoms with Crippen LogP contribution in [0.5, 0.6) is 5.75 Å². The van der Waals surface area contributed by atoms with Crippen molar-refractivity contribution in [3.8, 4) is 5.75 Å². The molecule has 5 nitrogen and oxygen atoms in total. The van der Waals surface area contributed by atoms with Crippen LogP contribution in [0.1, 0.15) is 25.3 Å². The molecule has 0 saturated carbocycles. The van der Waals surface area contributed by atoms with Gasteiger partial charge in [0.1, 0.15) is 5.75 Å². The molecule has 2 aromatic rings. The van der Waals surface area contributed by atoms with Gasteiger partial charge >= 0.3 is 0 Å². The monoisotopic (exact) mass is 352 g/mol. The Kier molecular flexibility index (Phi) is 6.36. The fraction of sp³-hybridized carbons (Fsp3) is 0.381. The minimum Gasteiger partial charge on any atom is -0.508 e. The second-order valence-electron chi connectivity index (χ2n) is 6.63. The Morgan fingerprint density at radius 1 is 1.15 bits per heavy atom. The number of hydrogen-bond donors (Lipinski definition) is 3. The number of guanidine groups is 1. The maximum atomic E-state index is 9.39. The summed E-state index contributed by atoms with van der Waals surface area (Å²) in [5.41, 5.74) is 2.36. The maximum absolute atomic E-state index is 9.39. The van der Waals surface area contributed by atoms with E-state index in [1.807, 2.05) is 12.1 Å². The summed E-state index contributed by atoms with van der Waals surface area (Å²) < 4.78 is 0. The van der Waals surface area contributed by atoms with E-state index in [2.05, 4.69) is 52.8 Å². The van der Waals surface area contributed by atoms with E-state index >= 15 is 0 Å². The average Bonchev–Trinajstić information content (AvgIpc) is 2.68. The number of aromatic hydroxyl groups is 1. The number of hydrogen-bond acceptors (Lipinski definition) is 3. The molecule has 1 saturated heterocycles. The van der Waals surface area contributed by atoms with Crippen molar-refractivity contribution in [1.82, 2.24) is 10.6 Å². The summed E-state index contributed by atoms with van der Waals surface area (Å²) in [5, 5.41) is 16.3. The van der Waals surface area contributed by atoms with Gasteiger partial charge in [0.15, 0.2) is 5.96 Å². The van der Waals surface area contributed by atoms with Crippen molar-refractivity contribution in [3.63, 3.8) is 0 Å². The van der Waals surface area contributed by atoms with Crippen molar-refractivity contribution in [1.29, 1.82) is 0 Å². The smallest absolute Gasteiger partial charge is 0.191 e. The number of rotatable bonds is 5. The highest BCUT2D eigenvalue weighted by molar-refractivity contribution is 5.80. The number of para-hydroxylation sites is 1. The first kappa shape index (κ1) is 18.1. The topological polar surface area (TPSA) is 59.9 Å². The number of piperidine rings is 1. The molecule has 1 atom stereocenters. The molecule has 0 aliphatic carbocycles. The number of aliphatic imine (C=N–C) groups is 1. The molecular weight excluding hydrogens is 324 g/mol. The Hall–Kier alpha value is -2.69. The van der Waals surface area contributed by atoms with Crippen LogP contribution in [0.2, 0.25) is 0 Å². The number of anilines is 1. The lowest BCUT2D eigenvalue weighted by atomic mass is 10.1. The molecule has 1 fully saturated rings. The number of nitrogens with zero attached hydrogens (tertiary/aromatic N) is 2. The Morgan fingerprint density at radius 2 is 1.92 bits per heavy atom. The van der Waals surface area contributed by atoms with E-state index in [0.717, 1.165) is 37.6 Å². The zero-order valence-corrected chi connectivity index (χ0v) is 15.4. The minimum absolute atomic E-state index is 0.283. The summed E-state index contributed by atoms with van der Waals surface area (Å²) in [5.74, 6) is 1.13. The molecule has 0 aromatic heterocycles. The van der Waals surface area contributed by atoms with Crippen LogP contribution < -0.4 is 15.5 Å². The van der Waals surface area contributed by atoms with Gasteiger partial charge in [-0.3, -0.25) is 0 Å². The van der Waals surface area contributed by atoms with Crippen molar-refractivity contribution >= 4 is 11.6 Å². The second-order valence-corrected chi connectivity index (χ2v) is 6.63. The standard InChI is InChI=1S/C21H28N4O/c1-2-22-21(23-15-17-10-12-20(26)13-11-17)24-18-7-6-14-25(16-18)19-8-4-3-5-9-19/h3-5,8-13,18,26H,2,6-7,14-16H2,1H3,(H2,22,23,24). The van der Waals surface area contributed by atoms with Crippen molar-refractivity contribution in [2.75, 3.05) is 24.5 Å². The van der Waals surface area contributed by atoms with Gasteiger partial charge in [0.05, 0.1) is 6.54 Å². The first-order chi connectivity index (χ1) is 12.7. The summed E-state index contributed by atoms with van der Waals surface area (Å²) in [6, 6.07) is 18.2. The van der Waals surface area contributed by atoms with Gasteiger partial charge in [-0.25, -0.2) is 4.99 Å². The van der Waals surface area contributed by atoms with Gasteiger partial charge in [0.25, 0.3) is 0 Å². The molecular formula is C21H28N4O. The predicted octanol–water partition coefficient (Wildman–Crippen LogP) is 3.12. The van der Waals surface area contributed by atoms with E-state index in [4.69, 9.17) is 4.99 Å². The lowest BCUT2D eigenvalue weighted by molar-refractivity contribution is 0.468. The van der Waals surface area contributed by atoms with Crippen molar-refractivity contribution in [2.24, 2.45) is 4.99 Å². The lowest BCUT2D eigenvalue weighted by Crippen LogP contribution is -2.51. The number of phenols is 1. The van der Waals surface area contributed by atoms with Crippen LogP contribution in [0.15, 0.2) is 59.6 Å². The van der Waals surface area contributed by atoms with Gasteiger partial charge < -0.3 is 20.6 Å². The molecule has 1 aliphatic heterocycles. The molecule has 1 unspecified atom stereocenters. The molecule has 2 aromatic carbocycles. The van der Waals surface area contributed by atoms with Crippen LogP contribution in [0.4, 0.5) is 5.69 Å². The first-order valence-electron chi connectivity index (χ1n) is 9.37. The Balaban J connectivity index is 1.61. The Labute approximate surface area is 155 Å². The molecule has 5 heteroatoms. The van der Waals surface area contributed by atoms with Crippen LogP contribution >= 0.6 is 0 Å². The largest absolute Gasteiger partial charge is 0.508 e. The second kappa shape index (κ2) is 9.13. The third-order valence-electron chi connectivity index (χ3n) is 4.58. The third kappa shape index (κ3) is 5.15. The molecule has 0 radical (unpaired) electrons. The van der Waals surface area contributed by atoms with E-state index in [1.165, 1.54) is 12.1 Å². The Morgan fingerprint density at radius 3 is 2.65 bits per heavy atom. The van der Waals surface area contributed by atoms with Crippen molar-refractivity contribution < 1.29 is 5.11 Å². The molecule has 138 valence electrons. The number of phenolic OH excluding ortho intramolecular Hbond substituents is 1. The quantitative estimate of drug-likeness (QED) is 0.572. The number of benzene rings is 2. The van der Waals surface area contributed by atoms with Crippen LogP contribution in [-0.2, 0) is 6.54 Å². The van der Waals surface area contributed by atoms with E-state index in [-0.39, 0.29) is 5.75 Å². The predicted molar refractivity (Wildman–Crippen MR) is 108 cm³/mol. The summed E-state index contributed by atoms with van der Waals surface area (Å²) in [4.78, 5) is 7.13. The van der Waals surface area contributed by atoms with E-state index in [9.17, 15) is 5.11 Å². The fourth-order valence-corrected chi connectivity index (χ4v) is 3.25. The summed E-state index contributed by atoms with van der Waals surface area (Å²) >= 11 is 0. The molecule has 26 heavy (non-hydrogen) atoms. The lowest BCUT2D eigenvalue weighted by Gasteiger charge is -2.35. The number of nitrogens with one attached hydrogen (secondary N) is 2. The van der Waals surface area contributed by atoms with Crippen LogP contribution in [0, 0.1) is 0 Å². The highest BCUT2D eigenvalue weighted by Gasteiger charge is 2.20. The van der Waals surface area contributed by atoms with Crippen molar-refractivity contribution in [2.45, 2.75) is 32.4 Å². The van der Waals surface area contributed by atoms with Gasteiger partial charge in [0.2, 0.25) is 0 Å². The molecule has 0 amide bonds. The molecule has 3 rings (SSSR count).